The molecule has 2 saturated heterocycles. The highest BCUT2D eigenvalue weighted by Crippen LogP contribution is 2.41. The molecule has 27 heavy (non-hydrogen) atoms. The summed E-state index contributed by atoms with van der Waals surface area (Å²) in [6, 6.07) is 9.40. The van der Waals surface area contributed by atoms with E-state index in [9.17, 15) is 9.59 Å². The molecule has 0 aromatic carbocycles. The summed E-state index contributed by atoms with van der Waals surface area (Å²) in [5, 5.41) is 0. The molecular formula is C21H25N3O3. The van der Waals surface area contributed by atoms with Crippen LogP contribution < -0.4 is 0 Å². The number of hydrogen-bond acceptors (Lipinski definition) is 4. The Labute approximate surface area is 159 Å². The van der Waals surface area contributed by atoms with E-state index >= 15 is 0 Å². The van der Waals surface area contributed by atoms with Gasteiger partial charge in [0.15, 0.2) is 5.76 Å². The molecule has 0 unspecified atom stereocenters. The van der Waals surface area contributed by atoms with E-state index in [-0.39, 0.29) is 11.8 Å². The average molecular weight is 367 g/mol. The van der Waals surface area contributed by atoms with Gasteiger partial charge in [0, 0.05) is 25.3 Å². The van der Waals surface area contributed by atoms with Gasteiger partial charge in [0.05, 0.1) is 17.7 Å². The van der Waals surface area contributed by atoms with Crippen LogP contribution in [0.25, 0.3) is 0 Å². The van der Waals surface area contributed by atoms with Gasteiger partial charge < -0.3 is 14.2 Å². The van der Waals surface area contributed by atoms with Crippen LogP contribution in [0.15, 0.2) is 34.7 Å². The predicted molar refractivity (Wildman–Crippen MR) is 100 cm³/mol. The van der Waals surface area contributed by atoms with Gasteiger partial charge in [-0.05, 0) is 57.4 Å². The zero-order valence-electron chi connectivity index (χ0n) is 15.9. The fraction of sp³-hybridized carbons (Fsp3) is 0.476. The van der Waals surface area contributed by atoms with E-state index in [1.165, 1.54) is 0 Å². The second kappa shape index (κ2) is 6.83. The molecule has 6 heteroatoms. The Balaban J connectivity index is 1.48. The van der Waals surface area contributed by atoms with E-state index in [1.54, 1.807) is 17.0 Å². The van der Waals surface area contributed by atoms with Crippen molar-refractivity contribution in [3.05, 3.63) is 53.2 Å². The van der Waals surface area contributed by atoms with Gasteiger partial charge in [-0.3, -0.25) is 14.6 Å². The maximum Gasteiger partial charge on any atom is 0.289 e. The molecule has 1 atom stereocenters. The Morgan fingerprint density at radius 1 is 1.19 bits per heavy atom. The molecular weight excluding hydrogens is 342 g/mol. The highest BCUT2D eigenvalue weighted by atomic mass is 16.3. The molecule has 0 bridgehead atoms. The SMILES string of the molecule is Cc1cccc(CN2CC[C@]3(CCCN(C(=O)c4ccc(C)o4)C3)C2=O)n1. The number of piperidine rings is 1. The molecule has 0 aliphatic carbocycles. The van der Waals surface area contributed by atoms with Gasteiger partial charge in [0.25, 0.3) is 5.91 Å². The molecule has 2 amide bonds. The van der Waals surface area contributed by atoms with Crippen molar-refractivity contribution in [2.75, 3.05) is 19.6 Å². The first kappa shape index (κ1) is 17.8. The lowest BCUT2D eigenvalue weighted by Gasteiger charge is -2.38. The van der Waals surface area contributed by atoms with Gasteiger partial charge in [-0.1, -0.05) is 6.07 Å². The Kier molecular flexibility index (Phi) is 4.50. The first-order valence-electron chi connectivity index (χ1n) is 9.54. The minimum absolute atomic E-state index is 0.117. The van der Waals surface area contributed by atoms with Gasteiger partial charge in [0.2, 0.25) is 5.91 Å². The molecule has 2 aromatic rings. The van der Waals surface area contributed by atoms with Gasteiger partial charge in [-0.15, -0.1) is 0 Å². The summed E-state index contributed by atoms with van der Waals surface area (Å²) in [6.07, 6.45) is 2.47. The minimum Gasteiger partial charge on any atom is -0.456 e. The second-order valence-corrected chi connectivity index (χ2v) is 7.77. The van der Waals surface area contributed by atoms with Crippen LogP contribution in [0.4, 0.5) is 0 Å². The fourth-order valence-corrected chi connectivity index (χ4v) is 4.32. The number of aryl methyl sites for hydroxylation is 2. The zero-order valence-corrected chi connectivity index (χ0v) is 15.9. The first-order chi connectivity index (χ1) is 13.0. The quantitative estimate of drug-likeness (QED) is 0.837. The number of furan rings is 1. The Bertz CT molecular complexity index is 875. The number of hydrogen-bond donors (Lipinski definition) is 0. The Hall–Kier alpha value is -2.63. The molecule has 2 aromatic heterocycles. The molecule has 4 heterocycles. The van der Waals surface area contributed by atoms with Gasteiger partial charge >= 0.3 is 0 Å². The van der Waals surface area contributed by atoms with Crippen molar-refractivity contribution in [3.8, 4) is 0 Å². The highest BCUT2D eigenvalue weighted by Gasteiger charge is 2.49. The number of nitrogens with zero attached hydrogens (tertiary/aromatic N) is 3. The topological polar surface area (TPSA) is 66.7 Å². The van der Waals surface area contributed by atoms with Gasteiger partial charge in [0.1, 0.15) is 5.76 Å². The van der Waals surface area contributed by atoms with Crippen LogP contribution in [-0.2, 0) is 11.3 Å². The van der Waals surface area contributed by atoms with E-state index < -0.39 is 5.41 Å². The van der Waals surface area contributed by atoms with Crippen LogP contribution in [0.1, 0.15) is 47.0 Å². The lowest BCUT2D eigenvalue weighted by Crippen LogP contribution is -2.49. The number of rotatable bonds is 3. The monoisotopic (exact) mass is 367 g/mol. The Morgan fingerprint density at radius 3 is 2.78 bits per heavy atom. The molecule has 0 saturated carbocycles. The molecule has 6 nitrogen and oxygen atoms in total. The predicted octanol–water partition coefficient (Wildman–Crippen LogP) is 2.95. The van der Waals surface area contributed by atoms with Crippen LogP contribution in [0.2, 0.25) is 0 Å². The molecule has 2 aliphatic heterocycles. The van der Waals surface area contributed by atoms with Crippen LogP contribution in [0.5, 0.6) is 0 Å². The smallest absolute Gasteiger partial charge is 0.289 e. The van der Waals surface area contributed by atoms with Crippen molar-refractivity contribution in [2.24, 2.45) is 5.41 Å². The minimum atomic E-state index is -0.459. The lowest BCUT2D eigenvalue weighted by molar-refractivity contribution is -0.138. The molecule has 2 aliphatic rings. The summed E-state index contributed by atoms with van der Waals surface area (Å²) in [5.41, 5.74) is 1.41. The van der Waals surface area contributed by atoms with E-state index in [0.717, 1.165) is 43.0 Å². The van der Waals surface area contributed by atoms with Gasteiger partial charge in [-0.25, -0.2) is 0 Å². The molecule has 1 spiro atoms. The summed E-state index contributed by atoms with van der Waals surface area (Å²) in [5.74, 6) is 1.11. The van der Waals surface area contributed by atoms with Gasteiger partial charge in [-0.2, -0.15) is 0 Å². The number of aromatic nitrogens is 1. The Morgan fingerprint density at radius 2 is 2.04 bits per heavy atom. The summed E-state index contributed by atoms with van der Waals surface area (Å²) in [6.45, 7) is 6.18. The van der Waals surface area contributed by atoms with E-state index in [0.29, 0.717) is 25.4 Å². The van der Waals surface area contributed by atoms with E-state index in [4.69, 9.17) is 4.42 Å². The molecule has 0 N–H and O–H groups in total. The first-order valence-corrected chi connectivity index (χ1v) is 9.54. The molecule has 0 radical (unpaired) electrons. The summed E-state index contributed by atoms with van der Waals surface area (Å²) < 4.78 is 5.49. The third kappa shape index (κ3) is 3.36. The van der Waals surface area contributed by atoms with Crippen LogP contribution >= 0.6 is 0 Å². The molecule has 4 rings (SSSR count). The van der Waals surface area contributed by atoms with Crippen LogP contribution in [-0.4, -0.2) is 46.2 Å². The number of likely N-dealkylation sites (tertiary alicyclic amines) is 2. The second-order valence-electron chi connectivity index (χ2n) is 7.77. The van der Waals surface area contributed by atoms with Crippen molar-refractivity contribution < 1.29 is 14.0 Å². The van der Waals surface area contributed by atoms with Crippen LogP contribution in [0.3, 0.4) is 0 Å². The molecule has 2 fully saturated rings. The normalized spacial score (nSPS) is 22.7. The van der Waals surface area contributed by atoms with E-state index in [2.05, 4.69) is 4.98 Å². The highest BCUT2D eigenvalue weighted by molar-refractivity contribution is 5.93. The number of amides is 2. The van der Waals surface area contributed by atoms with Crippen molar-refractivity contribution in [2.45, 2.75) is 39.7 Å². The fourth-order valence-electron chi connectivity index (χ4n) is 4.32. The summed E-state index contributed by atoms with van der Waals surface area (Å²) in [7, 11) is 0. The lowest BCUT2D eigenvalue weighted by atomic mass is 9.78. The van der Waals surface area contributed by atoms with Crippen LogP contribution in [0, 0.1) is 19.3 Å². The maximum atomic E-state index is 13.2. The average Bonchev–Trinajstić information content (AvgIpc) is 3.21. The largest absolute Gasteiger partial charge is 0.456 e. The molecule has 142 valence electrons. The van der Waals surface area contributed by atoms with E-state index in [1.807, 2.05) is 36.9 Å². The summed E-state index contributed by atoms with van der Waals surface area (Å²) in [4.78, 5) is 34.2. The zero-order chi connectivity index (χ0) is 19.0. The number of carbonyl (C=O) groups excluding carboxylic acids is 2. The van der Waals surface area contributed by atoms with Crippen molar-refractivity contribution >= 4 is 11.8 Å². The standard InChI is InChI=1S/C21H25N3O3/c1-15-5-3-6-17(22-15)13-23-12-10-21(20(23)26)9-4-11-24(14-21)19(25)18-8-7-16(2)27-18/h3,5-8H,4,9-14H2,1-2H3/t21-/m0/s1. The third-order valence-corrected chi connectivity index (χ3v) is 5.72. The van der Waals surface area contributed by atoms with Crippen molar-refractivity contribution in [1.82, 2.24) is 14.8 Å². The van der Waals surface area contributed by atoms with Crippen molar-refractivity contribution in [1.29, 1.82) is 0 Å². The maximum absolute atomic E-state index is 13.2. The van der Waals surface area contributed by atoms with Crippen molar-refractivity contribution in [3.63, 3.8) is 0 Å². The summed E-state index contributed by atoms with van der Waals surface area (Å²) >= 11 is 0. The third-order valence-electron chi connectivity index (χ3n) is 5.72. The number of pyridine rings is 1. The number of carbonyl (C=O) groups is 2.